The van der Waals surface area contributed by atoms with E-state index in [9.17, 15) is 16.8 Å². The van der Waals surface area contributed by atoms with Gasteiger partial charge < -0.3 is 0 Å². The van der Waals surface area contributed by atoms with E-state index >= 15 is 0 Å². The number of aromatic nitrogens is 1. The molecule has 1 atom stereocenters. The van der Waals surface area contributed by atoms with E-state index < -0.39 is 25.1 Å². The smallest absolute Gasteiger partial charge is 0.244 e. The van der Waals surface area contributed by atoms with Gasteiger partial charge in [-0.25, -0.2) is 16.8 Å². The van der Waals surface area contributed by atoms with E-state index in [1.807, 2.05) is 6.07 Å². The predicted molar refractivity (Wildman–Crippen MR) is 90.6 cm³/mol. The maximum absolute atomic E-state index is 12.7. The Kier molecular flexibility index (Phi) is 4.71. The lowest BCUT2D eigenvalue weighted by Gasteiger charge is -2.19. The van der Waals surface area contributed by atoms with Gasteiger partial charge in [-0.3, -0.25) is 4.98 Å². The third-order valence-electron chi connectivity index (χ3n) is 4.14. The van der Waals surface area contributed by atoms with E-state index in [1.54, 1.807) is 30.3 Å². The normalized spacial score (nSPS) is 21.9. The van der Waals surface area contributed by atoms with Gasteiger partial charge in [-0.05, 0) is 24.1 Å². The average molecular weight is 366 g/mol. The van der Waals surface area contributed by atoms with Crippen molar-refractivity contribution in [2.75, 3.05) is 18.8 Å². The number of hydrogen-bond donors (Lipinski definition) is 0. The lowest BCUT2D eigenvalue weighted by molar-refractivity contribution is 0.428. The minimum absolute atomic E-state index is 0.0388. The van der Waals surface area contributed by atoms with Gasteiger partial charge in [-0.1, -0.05) is 30.3 Å². The monoisotopic (exact) mass is 366 g/mol. The summed E-state index contributed by atoms with van der Waals surface area (Å²) in [7, 11) is -7.14. The van der Waals surface area contributed by atoms with Gasteiger partial charge in [0, 0.05) is 25.5 Å². The fourth-order valence-electron chi connectivity index (χ4n) is 2.85. The van der Waals surface area contributed by atoms with Crippen LogP contribution in [0.4, 0.5) is 0 Å². The topological polar surface area (TPSA) is 84.4 Å². The highest BCUT2D eigenvalue weighted by Crippen LogP contribution is 2.30. The number of rotatable bonds is 3. The number of benzene rings is 1. The summed E-state index contributed by atoms with van der Waals surface area (Å²) in [5.41, 5.74) is 0.707. The Morgan fingerprint density at radius 2 is 1.79 bits per heavy atom. The van der Waals surface area contributed by atoms with Gasteiger partial charge in [0.25, 0.3) is 0 Å². The molecule has 0 amide bonds. The Bertz CT molecular complexity index is 898. The van der Waals surface area contributed by atoms with E-state index in [0.29, 0.717) is 5.56 Å². The first-order valence-electron chi connectivity index (χ1n) is 7.58. The molecule has 1 saturated heterocycles. The molecule has 24 heavy (non-hydrogen) atoms. The number of sulfonamides is 1. The Balaban J connectivity index is 1.89. The SMILES string of the molecule is O=S1(=O)CCN(S(=O)(=O)c2cccnc2)CCC1c1ccccc1. The second-order valence-electron chi connectivity index (χ2n) is 5.65. The highest BCUT2D eigenvalue weighted by Gasteiger charge is 2.35. The first-order chi connectivity index (χ1) is 11.4. The molecule has 2 heterocycles. The van der Waals surface area contributed by atoms with E-state index in [2.05, 4.69) is 4.98 Å². The van der Waals surface area contributed by atoms with Crippen LogP contribution in [0.1, 0.15) is 17.2 Å². The molecular weight excluding hydrogens is 348 g/mol. The first-order valence-corrected chi connectivity index (χ1v) is 10.7. The Morgan fingerprint density at radius 3 is 2.46 bits per heavy atom. The third kappa shape index (κ3) is 3.35. The zero-order chi connectivity index (χ0) is 17.2. The summed E-state index contributed by atoms with van der Waals surface area (Å²) in [6.45, 7) is 0.124. The van der Waals surface area contributed by atoms with Crippen molar-refractivity contribution in [1.29, 1.82) is 0 Å². The van der Waals surface area contributed by atoms with Gasteiger partial charge in [-0.2, -0.15) is 4.31 Å². The van der Waals surface area contributed by atoms with Crippen LogP contribution in [0.5, 0.6) is 0 Å². The molecule has 8 heteroatoms. The van der Waals surface area contributed by atoms with Crippen molar-refractivity contribution in [1.82, 2.24) is 9.29 Å². The van der Waals surface area contributed by atoms with Gasteiger partial charge in [-0.15, -0.1) is 0 Å². The summed E-state index contributed by atoms with van der Waals surface area (Å²) in [4.78, 5) is 3.92. The van der Waals surface area contributed by atoms with Crippen LogP contribution in [-0.2, 0) is 19.9 Å². The van der Waals surface area contributed by atoms with Crippen molar-refractivity contribution < 1.29 is 16.8 Å². The molecule has 0 spiro atoms. The van der Waals surface area contributed by atoms with E-state index in [1.165, 1.54) is 22.8 Å². The second-order valence-corrected chi connectivity index (χ2v) is 9.89. The molecule has 0 radical (unpaired) electrons. The molecule has 1 unspecified atom stereocenters. The Morgan fingerprint density at radius 1 is 1.04 bits per heavy atom. The van der Waals surface area contributed by atoms with Crippen LogP contribution >= 0.6 is 0 Å². The van der Waals surface area contributed by atoms with Crippen LogP contribution < -0.4 is 0 Å². The molecule has 0 aliphatic carbocycles. The molecule has 1 aromatic carbocycles. The lowest BCUT2D eigenvalue weighted by atomic mass is 10.1. The number of sulfone groups is 1. The zero-order valence-electron chi connectivity index (χ0n) is 12.9. The van der Waals surface area contributed by atoms with Crippen molar-refractivity contribution in [2.45, 2.75) is 16.6 Å². The Hall–Kier alpha value is -1.77. The molecule has 2 aromatic rings. The molecule has 6 nitrogen and oxygen atoms in total. The van der Waals surface area contributed by atoms with Gasteiger partial charge >= 0.3 is 0 Å². The van der Waals surface area contributed by atoms with Crippen LogP contribution in [0.3, 0.4) is 0 Å². The molecule has 3 rings (SSSR count). The van der Waals surface area contributed by atoms with E-state index in [-0.39, 0.29) is 30.2 Å². The number of nitrogens with zero attached hydrogens (tertiary/aromatic N) is 2. The van der Waals surface area contributed by atoms with Crippen LogP contribution in [-0.4, -0.2) is 45.0 Å². The summed E-state index contributed by atoms with van der Waals surface area (Å²) in [5.74, 6) is -0.188. The highest BCUT2D eigenvalue weighted by molar-refractivity contribution is 7.92. The van der Waals surface area contributed by atoms with E-state index in [4.69, 9.17) is 0 Å². The van der Waals surface area contributed by atoms with Gasteiger partial charge in [0.05, 0.1) is 11.0 Å². The van der Waals surface area contributed by atoms with Gasteiger partial charge in [0.2, 0.25) is 10.0 Å². The first kappa shape index (κ1) is 17.1. The highest BCUT2D eigenvalue weighted by atomic mass is 32.2. The summed E-state index contributed by atoms with van der Waals surface area (Å²) in [6.07, 6.45) is 3.02. The number of pyridine rings is 1. The zero-order valence-corrected chi connectivity index (χ0v) is 14.6. The van der Waals surface area contributed by atoms with Gasteiger partial charge in [0.15, 0.2) is 9.84 Å². The molecule has 1 aliphatic heterocycles. The maximum Gasteiger partial charge on any atom is 0.244 e. The summed E-state index contributed by atoms with van der Waals surface area (Å²) >= 11 is 0. The van der Waals surface area contributed by atoms with E-state index in [0.717, 1.165) is 0 Å². The van der Waals surface area contributed by atoms with Crippen LogP contribution in [0.15, 0.2) is 59.8 Å². The van der Waals surface area contributed by atoms with Gasteiger partial charge in [0.1, 0.15) is 4.90 Å². The molecule has 0 saturated carbocycles. The van der Waals surface area contributed by atoms with Crippen molar-refractivity contribution in [3.05, 3.63) is 60.4 Å². The summed E-state index contributed by atoms with van der Waals surface area (Å²) in [5, 5.41) is -0.673. The number of hydrogen-bond acceptors (Lipinski definition) is 5. The van der Waals surface area contributed by atoms with Crippen molar-refractivity contribution in [2.24, 2.45) is 0 Å². The van der Waals surface area contributed by atoms with Crippen LogP contribution in [0.25, 0.3) is 0 Å². The molecule has 1 aromatic heterocycles. The molecular formula is C16H18N2O4S2. The van der Waals surface area contributed by atoms with Crippen molar-refractivity contribution in [3.8, 4) is 0 Å². The fourth-order valence-corrected chi connectivity index (χ4v) is 6.19. The molecule has 1 fully saturated rings. The predicted octanol–water partition coefficient (Wildman–Crippen LogP) is 1.63. The average Bonchev–Trinajstić information content (AvgIpc) is 2.75. The molecule has 0 bridgehead atoms. The second kappa shape index (κ2) is 6.62. The minimum atomic E-state index is -3.73. The molecule has 128 valence electrons. The standard InChI is InChI=1S/C16H18N2O4S2/c19-23(20)12-11-18(24(21,22)15-7-4-9-17-13-15)10-8-16(23)14-5-2-1-3-6-14/h1-7,9,13,16H,8,10-12H2. The Labute approximate surface area is 142 Å². The molecule has 0 N–H and O–H groups in total. The minimum Gasteiger partial charge on any atom is -0.263 e. The third-order valence-corrected chi connectivity index (χ3v) is 8.15. The fraction of sp³-hybridized carbons (Fsp3) is 0.312. The molecule has 1 aliphatic rings. The summed E-state index contributed by atoms with van der Waals surface area (Å²) in [6, 6.07) is 12.0. The summed E-state index contributed by atoms with van der Waals surface area (Å²) < 4.78 is 51.8. The van der Waals surface area contributed by atoms with Crippen LogP contribution in [0, 0.1) is 0 Å². The quantitative estimate of drug-likeness (QED) is 0.824. The van der Waals surface area contributed by atoms with Crippen LogP contribution in [0.2, 0.25) is 0 Å². The van der Waals surface area contributed by atoms with Crippen molar-refractivity contribution in [3.63, 3.8) is 0 Å². The largest absolute Gasteiger partial charge is 0.263 e. The maximum atomic E-state index is 12.7. The van der Waals surface area contributed by atoms with Crippen molar-refractivity contribution >= 4 is 19.9 Å². The lowest BCUT2D eigenvalue weighted by Crippen LogP contribution is -2.33.